The summed E-state index contributed by atoms with van der Waals surface area (Å²) < 4.78 is 5.11. The molecule has 0 saturated heterocycles. The number of nitrogens with one attached hydrogen (secondary N) is 2. The largest absolute Gasteiger partial charge is 0.463 e. The minimum Gasteiger partial charge on any atom is -0.463 e. The number of hydrogen-bond acceptors (Lipinski definition) is 4. The molecule has 2 N–H and O–H groups in total. The minimum atomic E-state index is 0.00102. The van der Waals surface area contributed by atoms with Gasteiger partial charge in [0.05, 0.1) is 6.61 Å². The maximum atomic E-state index is 11.8. The van der Waals surface area contributed by atoms with Crippen LogP contribution in [0.4, 0.5) is 5.95 Å². The fourth-order valence-electron chi connectivity index (χ4n) is 2.33. The summed E-state index contributed by atoms with van der Waals surface area (Å²) in [6, 6.07) is 0.269. The summed E-state index contributed by atoms with van der Waals surface area (Å²) in [5, 5.41) is 9.19. The van der Waals surface area contributed by atoms with E-state index < -0.39 is 0 Å². The van der Waals surface area contributed by atoms with Crippen LogP contribution in [-0.2, 0) is 4.79 Å². The van der Waals surface area contributed by atoms with Gasteiger partial charge in [-0.1, -0.05) is 19.3 Å². The zero-order valence-corrected chi connectivity index (χ0v) is 10.7. The summed E-state index contributed by atoms with van der Waals surface area (Å²) in [6.45, 7) is 2.37. The molecule has 1 heterocycles. The van der Waals surface area contributed by atoms with Gasteiger partial charge in [-0.2, -0.15) is 4.98 Å². The number of aromatic amines is 1. The third-order valence-corrected chi connectivity index (χ3v) is 3.19. The average Bonchev–Trinajstić information content (AvgIpc) is 2.78. The number of carbonyl (C=O) groups is 1. The van der Waals surface area contributed by atoms with Gasteiger partial charge >= 0.3 is 6.01 Å². The number of anilines is 1. The van der Waals surface area contributed by atoms with E-state index in [9.17, 15) is 4.79 Å². The van der Waals surface area contributed by atoms with Crippen LogP contribution in [0.15, 0.2) is 0 Å². The standard InChI is InChI=1S/C12H20N4O2/c1-2-18-12-14-11(15-16-12)13-10(17)8-9-6-4-3-5-7-9/h9H,2-8H2,1H3,(H2,13,14,15,16,17). The molecule has 1 amide bonds. The van der Waals surface area contributed by atoms with Crippen LogP contribution in [0.5, 0.6) is 6.01 Å². The van der Waals surface area contributed by atoms with Crippen molar-refractivity contribution in [3.05, 3.63) is 0 Å². The van der Waals surface area contributed by atoms with Gasteiger partial charge in [-0.3, -0.25) is 10.1 Å². The van der Waals surface area contributed by atoms with Crippen molar-refractivity contribution >= 4 is 11.9 Å². The van der Waals surface area contributed by atoms with E-state index in [-0.39, 0.29) is 11.9 Å². The van der Waals surface area contributed by atoms with E-state index in [1.807, 2.05) is 6.92 Å². The Balaban J connectivity index is 1.78. The Morgan fingerprint density at radius 2 is 2.22 bits per heavy atom. The second kappa shape index (κ2) is 6.37. The van der Waals surface area contributed by atoms with Crippen LogP contribution >= 0.6 is 0 Å². The maximum Gasteiger partial charge on any atom is 0.337 e. The molecule has 2 rings (SSSR count). The first-order valence-corrected chi connectivity index (χ1v) is 6.63. The molecule has 0 unspecified atom stereocenters. The van der Waals surface area contributed by atoms with Gasteiger partial charge in [0, 0.05) is 6.42 Å². The Bertz CT molecular complexity index is 385. The molecular formula is C12H20N4O2. The number of ether oxygens (including phenoxy) is 1. The number of H-pyrrole nitrogens is 1. The molecule has 1 aliphatic rings. The number of carbonyl (C=O) groups excluding carboxylic acids is 1. The van der Waals surface area contributed by atoms with Gasteiger partial charge < -0.3 is 4.74 Å². The first kappa shape index (κ1) is 12.9. The van der Waals surface area contributed by atoms with Gasteiger partial charge in [0.25, 0.3) is 0 Å². The third kappa shape index (κ3) is 3.72. The summed E-state index contributed by atoms with van der Waals surface area (Å²) in [5.41, 5.74) is 0. The molecule has 0 radical (unpaired) electrons. The van der Waals surface area contributed by atoms with E-state index in [4.69, 9.17) is 4.74 Å². The van der Waals surface area contributed by atoms with E-state index in [2.05, 4.69) is 20.5 Å². The highest BCUT2D eigenvalue weighted by molar-refractivity contribution is 5.89. The lowest BCUT2D eigenvalue weighted by Crippen LogP contribution is -2.18. The quantitative estimate of drug-likeness (QED) is 0.841. The fraction of sp³-hybridized carbons (Fsp3) is 0.750. The van der Waals surface area contributed by atoms with Gasteiger partial charge in [0.15, 0.2) is 0 Å². The lowest BCUT2D eigenvalue weighted by atomic mass is 9.87. The van der Waals surface area contributed by atoms with E-state index in [1.54, 1.807) is 0 Å². The van der Waals surface area contributed by atoms with E-state index in [0.717, 1.165) is 12.8 Å². The van der Waals surface area contributed by atoms with Crippen molar-refractivity contribution in [2.75, 3.05) is 11.9 Å². The predicted octanol–water partition coefficient (Wildman–Crippen LogP) is 2.11. The van der Waals surface area contributed by atoms with Crippen LogP contribution in [0.2, 0.25) is 0 Å². The number of rotatable bonds is 5. The molecule has 6 nitrogen and oxygen atoms in total. The lowest BCUT2D eigenvalue weighted by molar-refractivity contribution is -0.117. The molecule has 0 aliphatic heterocycles. The average molecular weight is 252 g/mol. The van der Waals surface area contributed by atoms with Crippen LogP contribution < -0.4 is 10.1 Å². The molecular weight excluding hydrogens is 232 g/mol. The van der Waals surface area contributed by atoms with E-state index in [0.29, 0.717) is 24.9 Å². The van der Waals surface area contributed by atoms with Crippen LogP contribution in [0, 0.1) is 5.92 Å². The molecule has 1 aromatic rings. The van der Waals surface area contributed by atoms with Crippen molar-refractivity contribution in [1.29, 1.82) is 0 Å². The second-order valence-corrected chi connectivity index (χ2v) is 4.66. The van der Waals surface area contributed by atoms with Gasteiger partial charge in [0.2, 0.25) is 11.9 Å². The van der Waals surface area contributed by atoms with E-state index >= 15 is 0 Å². The molecule has 1 aliphatic carbocycles. The highest BCUT2D eigenvalue weighted by atomic mass is 16.5. The number of aromatic nitrogens is 3. The number of amides is 1. The molecule has 18 heavy (non-hydrogen) atoms. The van der Waals surface area contributed by atoms with Crippen molar-refractivity contribution in [3.63, 3.8) is 0 Å². The zero-order valence-electron chi connectivity index (χ0n) is 10.7. The topological polar surface area (TPSA) is 79.9 Å². The first-order valence-electron chi connectivity index (χ1n) is 6.63. The highest BCUT2D eigenvalue weighted by Crippen LogP contribution is 2.26. The SMILES string of the molecule is CCOc1n[nH]c(NC(=O)CC2CCCCC2)n1. The fourth-order valence-corrected chi connectivity index (χ4v) is 2.33. The predicted molar refractivity (Wildman–Crippen MR) is 67.4 cm³/mol. The summed E-state index contributed by atoms with van der Waals surface area (Å²) >= 11 is 0. The summed E-state index contributed by atoms with van der Waals surface area (Å²) in [4.78, 5) is 15.8. The van der Waals surface area contributed by atoms with Gasteiger partial charge in [-0.25, -0.2) is 5.10 Å². The minimum absolute atomic E-state index is 0.00102. The molecule has 0 atom stereocenters. The molecule has 1 saturated carbocycles. The summed E-state index contributed by atoms with van der Waals surface area (Å²) in [6.07, 6.45) is 6.69. The smallest absolute Gasteiger partial charge is 0.337 e. The summed E-state index contributed by atoms with van der Waals surface area (Å²) in [7, 11) is 0. The van der Waals surface area contributed by atoms with Crippen molar-refractivity contribution in [1.82, 2.24) is 15.2 Å². The Morgan fingerprint density at radius 3 is 2.94 bits per heavy atom. The molecule has 0 spiro atoms. The van der Waals surface area contributed by atoms with Gasteiger partial charge in [-0.15, -0.1) is 5.10 Å². The number of hydrogen-bond donors (Lipinski definition) is 2. The maximum absolute atomic E-state index is 11.8. The monoisotopic (exact) mass is 252 g/mol. The molecule has 0 bridgehead atoms. The zero-order chi connectivity index (χ0) is 12.8. The molecule has 1 aromatic heterocycles. The van der Waals surface area contributed by atoms with Crippen LogP contribution in [0.25, 0.3) is 0 Å². The molecule has 0 aromatic carbocycles. The highest BCUT2D eigenvalue weighted by Gasteiger charge is 2.17. The Labute approximate surface area is 107 Å². The van der Waals surface area contributed by atoms with Crippen molar-refractivity contribution in [2.24, 2.45) is 5.92 Å². The molecule has 6 heteroatoms. The number of nitrogens with zero attached hydrogens (tertiary/aromatic N) is 2. The van der Waals surface area contributed by atoms with Crippen molar-refractivity contribution in [3.8, 4) is 6.01 Å². The Kier molecular flexibility index (Phi) is 4.55. The second-order valence-electron chi connectivity index (χ2n) is 4.66. The summed E-state index contributed by atoms with van der Waals surface area (Å²) in [5.74, 6) is 0.883. The van der Waals surface area contributed by atoms with Gasteiger partial charge in [0.1, 0.15) is 0 Å². The normalized spacial score (nSPS) is 16.5. The lowest BCUT2D eigenvalue weighted by Gasteiger charge is -2.20. The Morgan fingerprint density at radius 1 is 1.44 bits per heavy atom. The molecule has 1 fully saturated rings. The van der Waals surface area contributed by atoms with Crippen molar-refractivity contribution < 1.29 is 9.53 Å². The Hall–Kier alpha value is -1.59. The van der Waals surface area contributed by atoms with Crippen molar-refractivity contribution in [2.45, 2.75) is 45.4 Å². The van der Waals surface area contributed by atoms with Crippen LogP contribution in [0.1, 0.15) is 45.4 Å². The third-order valence-electron chi connectivity index (χ3n) is 3.19. The van der Waals surface area contributed by atoms with Crippen LogP contribution in [-0.4, -0.2) is 27.7 Å². The molecule has 100 valence electrons. The van der Waals surface area contributed by atoms with E-state index in [1.165, 1.54) is 19.3 Å². The van der Waals surface area contributed by atoms with Gasteiger partial charge in [-0.05, 0) is 25.7 Å². The van der Waals surface area contributed by atoms with Crippen LogP contribution in [0.3, 0.4) is 0 Å². The first-order chi connectivity index (χ1) is 8.78.